The first kappa shape index (κ1) is 18.7. The first-order chi connectivity index (χ1) is 13.0. The van der Waals surface area contributed by atoms with Crippen LogP contribution in [-0.4, -0.2) is 42.3 Å². The maximum Gasteiger partial charge on any atom is 0.295 e. The van der Waals surface area contributed by atoms with Crippen molar-refractivity contribution in [1.29, 1.82) is 0 Å². The third-order valence-electron chi connectivity index (χ3n) is 4.78. The van der Waals surface area contributed by atoms with Crippen LogP contribution >= 0.6 is 0 Å². The van der Waals surface area contributed by atoms with Gasteiger partial charge in [0.2, 0.25) is 0 Å². The van der Waals surface area contributed by atoms with Crippen LogP contribution < -0.4 is 4.90 Å². The predicted octanol–water partition coefficient (Wildman–Crippen LogP) is 3.58. The largest absolute Gasteiger partial charge is 0.507 e. The number of hydrogen-bond acceptors (Lipinski definition) is 4. The number of carbonyl (C=O) groups excluding carboxylic acids is 2. The zero-order chi connectivity index (χ0) is 19.6. The summed E-state index contributed by atoms with van der Waals surface area (Å²) in [5.41, 5.74) is 2.51. The molecule has 0 aromatic heterocycles. The molecule has 27 heavy (non-hydrogen) atoms. The van der Waals surface area contributed by atoms with Gasteiger partial charge in [-0.3, -0.25) is 9.59 Å². The van der Waals surface area contributed by atoms with E-state index in [4.69, 9.17) is 0 Å². The van der Waals surface area contributed by atoms with Crippen molar-refractivity contribution in [2.75, 3.05) is 25.5 Å². The molecular formula is C22H24N2O3. The van der Waals surface area contributed by atoms with Crippen molar-refractivity contribution in [1.82, 2.24) is 4.90 Å². The minimum absolute atomic E-state index is 0.130. The Bertz CT molecular complexity index is 870. The van der Waals surface area contributed by atoms with Gasteiger partial charge in [-0.1, -0.05) is 49.4 Å². The Labute approximate surface area is 159 Å². The minimum Gasteiger partial charge on any atom is -0.507 e. The Morgan fingerprint density at radius 2 is 1.67 bits per heavy atom. The van der Waals surface area contributed by atoms with E-state index in [2.05, 4.69) is 0 Å². The molecule has 0 aliphatic carbocycles. The van der Waals surface area contributed by atoms with Crippen molar-refractivity contribution < 1.29 is 14.7 Å². The lowest BCUT2D eigenvalue weighted by molar-refractivity contribution is -0.139. The zero-order valence-electron chi connectivity index (χ0n) is 15.8. The first-order valence-corrected chi connectivity index (χ1v) is 9.06. The van der Waals surface area contributed by atoms with E-state index >= 15 is 0 Å². The molecule has 1 amide bonds. The smallest absolute Gasteiger partial charge is 0.295 e. The van der Waals surface area contributed by atoms with Crippen molar-refractivity contribution in [2.24, 2.45) is 0 Å². The van der Waals surface area contributed by atoms with Crippen molar-refractivity contribution in [3.63, 3.8) is 0 Å². The summed E-state index contributed by atoms with van der Waals surface area (Å²) in [6.07, 6.45) is 0.727. The number of amides is 1. The minimum atomic E-state index is -0.633. The quantitative estimate of drug-likeness (QED) is 0.500. The molecule has 0 spiro atoms. The van der Waals surface area contributed by atoms with Crippen molar-refractivity contribution in [3.05, 3.63) is 71.3 Å². The van der Waals surface area contributed by atoms with Crippen LogP contribution in [0.1, 0.15) is 30.5 Å². The number of ketones is 1. The van der Waals surface area contributed by atoms with Gasteiger partial charge in [-0.15, -0.1) is 0 Å². The van der Waals surface area contributed by atoms with Gasteiger partial charge in [0, 0.05) is 31.9 Å². The highest BCUT2D eigenvalue weighted by molar-refractivity contribution is 6.46. The molecule has 1 N–H and O–H groups in total. The highest BCUT2D eigenvalue weighted by Crippen LogP contribution is 2.39. The Kier molecular flexibility index (Phi) is 5.31. The van der Waals surface area contributed by atoms with Gasteiger partial charge in [-0.05, 0) is 24.1 Å². The second-order valence-corrected chi connectivity index (χ2v) is 6.84. The number of aliphatic hydroxyl groups excluding tert-OH is 1. The molecule has 1 aliphatic heterocycles. The van der Waals surface area contributed by atoms with Gasteiger partial charge in [0.25, 0.3) is 11.7 Å². The monoisotopic (exact) mass is 364 g/mol. The molecular weight excluding hydrogens is 340 g/mol. The summed E-state index contributed by atoms with van der Waals surface area (Å²) in [6.45, 7) is 2.42. The van der Waals surface area contributed by atoms with Gasteiger partial charge in [-0.2, -0.15) is 0 Å². The Hall–Kier alpha value is -3.08. The molecule has 2 aromatic carbocycles. The molecule has 1 atom stereocenters. The lowest BCUT2D eigenvalue weighted by atomic mass is 9.95. The highest BCUT2D eigenvalue weighted by Gasteiger charge is 2.45. The van der Waals surface area contributed by atoms with E-state index in [1.165, 1.54) is 0 Å². The zero-order valence-corrected chi connectivity index (χ0v) is 15.8. The molecule has 1 heterocycles. The van der Waals surface area contributed by atoms with Crippen LogP contribution in [0.15, 0.2) is 60.2 Å². The summed E-state index contributed by atoms with van der Waals surface area (Å²) < 4.78 is 0. The number of likely N-dealkylation sites (tertiary alicyclic amines) is 1. The molecule has 5 nitrogen and oxygen atoms in total. The lowest BCUT2D eigenvalue weighted by Crippen LogP contribution is -2.30. The van der Waals surface area contributed by atoms with Gasteiger partial charge in [0.05, 0.1) is 11.6 Å². The normalized spacial score (nSPS) is 18.8. The fourth-order valence-electron chi connectivity index (χ4n) is 3.40. The van der Waals surface area contributed by atoms with Crippen molar-refractivity contribution >= 4 is 23.1 Å². The molecule has 140 valence electrons. The van der Waals surface area contributed by atoms with E-state index in [0.717, 1.165) is 17.7 Å². The van der Waals surface area contributed by atoms with E-state index < -0.39 is 17.7 Å². The van der Waals surface area contributed by atoms with Gasteiger partial charge >= 0.3 is 0 Å². The summed E-state index contributed by atoms with van der Waals surface area (Å²) >= 11 is 0. The highest BCUT2D eigenvalue weighted by atomic mass is 16.3. The summed E-state index contributed by atoms with van der Waals surface area (Å²) in [4.78, 5) is 28.9. The molecule has 3 rings (SSSR count). The number of benzene rings is 2. The molecule has 0 bridgehead atoms. The molecule has 0 saturated carbocycles. The topological polar surface area (TPSA) is 60.9 Å². The van der Waals surface area contributed by atoms with Gasteiger partial charge in [-0.25, -0.2) is 0 Å². The summed E-state index contributed by atoms with van der Waals surface area (Å²) in [7, 11) is 3.90. The number of hydrogen-bond donors (Lipinski definition) is 1. The summed E-state index contributed by atoms with van der Waals surface area (Å²) in [5, 5.41) is 10.8. The van der Waals surface area contributed by atoms with Gasteiger partial charge < -0.3 is 14.9 Å². The molecule has 1 aliphatic rings. The third-order valence-corrected chi connectivity index (χ3v) is 4.78. The number of aliphatic hydroxyl groups is 1. The van der Waals surface area contributed by atoms with Crippen molar-refractivity contribution in [2.45, 2.75) is 19.4 Å². The molecule has 2 aromatic rings. The van der Waals surface area contributed by atoms with Gasteiger partial charge in [0.15, 0.2) is 0 Å². The first-order valence-electron chi connectivity index (χ1n) is 9.06. The van der Waals surface area contributed by atoms with Crippen LogP contribution in [0, 0.1) is 0 Å². The van der Waals surface area contributed by atoms with Crippen LogP contribution in [0.2, 0.25) is 0 Å². The lowest BCUT2D eigenvalue weighted by Gasteiger charge is -2.25. The van der Waals surface area contributed by atoms with E-state index in [-0.39, 0.29) is 11.3 Å². The Morgan fingerprint density at radius 1 is 1.04 bits per heavy atom. The summed E-state index contributed by atoms with van der Waals surface area (Å²) in [5.74, 6) is -1.32. The molecule has 1 saturated heterocycles. The van der Waals surface area contributed by atoms with Crippen LogP contribution in [-0.2, 0) is 9.59 Å². The second kappa shape index (κ2) is 7.66. The van der Waals surface area contributed by atoms with Crippen LogP contribution in [0.5, 0.6) is 0 Å². The standard InChI is InChI=1S/C22H24N2O3/c1-4-14-24-19(15-10-12-17(13-11-15)23(2)3)18(21(26)22(24)27)20(25)16-8-6-5-7-9-16/h5-13,19,25H,4,14H2,1-3H3/b20-18-. The average Bonchev–Trinajstić information content (AvgIpc) is 2.93. The number of rotatable bonds is 5. The van der Waals surface area contributed by atoms with Crippen LogP contribution in [0.25, 0.3) is 5.76 Å². The number of Topliss-reactive ketones (excluding diaryl/α,β-unsaturated/α-hetero) is 1. The van der Waals surface area contributed by atoms with Crippen LogP contribution in [0.4, 0.5) is 5.69 Å². The molecule has 5 heteroatoms. The van der Waals surface area contributed by atoms with Crippen LogP contribution in [0.3, 0.4) is 0 Å². The van der Waals surface area contributed by atoms with Crippen molar-refractivity contribution in [3.8, 4) is 0 Å². The molecule has 1 fully saturated rings. The molecule has 1 unspecified atom stereocenters. The van der Waals surface area contributed by atoms with E-state index in [1.807, 2.05) is 56.3 Å². The number of anilines is 1. The summed E-state index contributed by atoms with van der Waals surface area (Å²) in [6, 6.07) is 16.0. The second-order valence-electron chi connectivity index (χ2n) is 6.84. The Balaban J connectivity index is 2.14. The predicted molar refractivity (Wildman–Crippen MR) is 107 cm³/mol. The third kappa shape index (κ3) is 3.45. The number of nitrogens with zero attached hydrogens (tertiary/aromatic N) is 2. The average molecular weight is 364 g/mol. The maximum absolute atomic E-state index is 12.7. The SMILES string of the molecule is CCCN1C(=O)C(=O)/C(=C(\O)c2ccccc2)C1c1ccc(N(C)C)cc1. The number of carbonyl (C=O) groups is 2. The van der Waals surface area contributed by atoms with Gasteiger partial charge in [0.1, 0.15) is 5.76 Å². The molecule has 0 radical (unpaired) electrons. The van der Waals surface area contributed by atoms with E-state index in [9.17, 15) is 14.7 Å². The fourth-order valence-corrected chi connectivity index (χ4v) is 3.40. The fraction of sp³-hybridized carbons (Fsp3) is 0.273. The van der Waals surface area contributed by atoms with E-state index in [0.29, 0.717) is 12.1 Å². The Morgan fingerprint density at radius 3 is 2.22 bits per heavy atom. The maximum atomic E-state index is 12.7. The van der Waals surface area contributed by atoms with E-state index in [1.54, 1.807) is 29.2 Å².